The van der Waals surface area contributed by atoms with Crippen molar-refractivity contribution in [3.63, 3.8) is 0 Å². The van der Waals surface area contributed by atoms with Gasteiger partial charge in [0.25, 0.3) is 0 Å². The largest absolute Gasteiger partial charge is 0.322 e. The van der Waals surface area contributed by atoms with E-state index in [4.69, 9.17) is 0 Å². The number of nitrogens with one attached hydrogen (secondary N) is 1. The summed E-state index contributed by atoms with van der Waals surface area (Å²) >= 11 is 3.34. The second-order valence-electron chi connectivity index (χ2n) is 6.37. The zero-order valence-electron chi connectivity index (χ0n) is 14.7. The average Bonchev–Trinajstić information content (AvgIpc) is 3.30. The molecular weight excluding hydrogens is 406 g/mol. The summed E-state index contributed by atoms with van der Waals surface area (Å²) in [6.07, 6.45) is 6.93. The molecule has 0 aliphatic heterocycles. The van der Waals surface area contributed by atoms with Gasteiger partial charge in [0.2, 0.25) is 5.91 Å². The fraction of sp³-hybridized carbons (Fsp3) is 0.150. The summed E-state index contributed by atoms with van der Waals surface area (Å²) in [5, 5.41) is 13.8. The molecule has 136 valence electrons. The van der Waals surface area contributed by atoms with Crippen LogP contribution in [0.4, 0.5) is 5.69 Å². The van der Waals surface area contributed by atoms with Crippen LogP contribution in [0.2, 0.25) is 0 Å². The molecule has 0 fully saturated rings. The highest BCUT2D eigenvalue weighted by Crippen LogP contribution is 2.20. The van der Waals surface area contributed by atoms with Crippen LogP contribution in [-0.2, 0) is 11.3 Å². The van der Waals surface area contributed by atoms with E-state index in [1.165, 1.54) is 16.3 Å². The molecule has 2 aromatic carbocycles. The average molecular weight is 424 g/mol. The van der Waals surface area contributed by atoms with Crippen LogP contribution in [0.5, 0.6) is 0 Å². The second kappa shape index (κ2) is 7.36. The third-order valence-electron chi connectivity index (χ3n) is 4.46. The van der Waals surface area contributed by atoms with Crippen molar-refractivity contribution in [1.82, 2.24) is 19.6 Å². The van der Waals surface area contributed by atoms with Crippen molar-refractivity contribution in [2.24, 2.45) is 0 Å². The summed E-state index contributed by atoms with van der Waals surface area (Å²) in [4.78, 5) is 12.4. The molecule has 4 rings (SSSR count). The Hall–Kier alpha value is -2.93. The summed E-state index contributed by atoms with van der Waals surface area (Å²) in [6, 6.07) is 14.1. The van der Waals surface area contributed by atoms with E-state index in [9.17, 15) is 4.79 Å². The number of rotatable bonds is 5. The van der Waals surface area contributed by atoms with Crippen LogP contribution in [0, 0.1) is 0 Å². The summed E-state index contributed by atoms with van der Waals surface area (Å²) in [5.74, 6) is -0.143. The third kappa shape index (κ3) is 3.78. The molecule has 0 bridgehead atoms. The number of amides is 1. The van der Waals surface area contributed by atoms with Gasteiger partial charge in [0, 0.05) is 12.4 Å². The summed E-state index contributed by atoms with van der Waals surface area (Å²) in [5.41, 5.74) is 1.85. The minimum Gasteiger partial charge on any atom is -0.322 e. The highest BCUT2D eigenvalue weighted by atomic mass is 79.9. The smallest absolute Gasteiger partial charge is 0.249 e. The lowest BCUT2D eigenvalue weighted by molar-refractivity contribution is -0.119. The number of hydrogen-bond acceptors (Lipinski definition) is 3. The van der Waals surface area contributed by atoms with Gasteiger partial charge in [-0.1, -0.05) is 42.5 Å². The number of fused-ring (bicyclic) bond motifs is 1. The number of halogens is 1. The maximum atomic E-state index is 12.4. The molecule has 0 aliphatic carbocycles. The van der Waals surface area contributed by atoms with E-state index in [-0.39, 0.29) is 5.91 Å². The molecule has 4 aromatic rings. The van der Waals surface area contributed by atoms with Gasteiger partial charge in [-0.05, 0) is 39.2 Å². The molecule has 0 spiro atoms. The molecule has 0 aliphatic rings. The Labute approximate surface area is 164 Å². The lowest BCUT2D eigenvalue weighted by Crippen LogP contribution is -2.23. The molecule has 0 radical (unpaired) electrons. The van der Waals surface area contributed by atoms with Crippen LogP contribution < -0.4 is 5.32 Å². The van der Waals surface area contributed by atoms with Crippen LogP contribution in [0.25, 0.3) is 10.8 Å². The van der Waals surface area contributed by atoms with Gasteiger partial charge in [-0.15, -0.1) is 0 Å². The van der Waals surface area contributed by atoms with Gasteiger partial charge in [-0.2, -0.15) is 10.2 Å². The molecule has 1 N–H and O–H groups in total. The fourth-order valence-corrected chi connectivity index (χ4v) is 3.31. The Morgan fingerprint density at radius 1 is 1.11 bits per heavy atom. The normalized spacial score (nSPS) is 12.2. The summed E-state index contributed by atoms with van der Waals surface area (Å²) in [7, 11) is 0. The monoisotopic (exact) mass is 423 g/mol. The van der Waals surface area contributed by atoms with Crippen LogP contribution >= 0.6 is 15.9 Å². The van der Waals surface area contributed by atoms with Crippen molar-refractivity contribution >= 4 is 38.3 Å². The van der Waals surface area contributed by atoms with Crippen molar-refractivity contribution < 1.29 is 4.79 Å². The summed E-state index contributed by atoms with van der Waals surface area (Å²) in [6.45, 7) is 2.44. The van der Waals surface area contributed by atoms with Gasteiger partial charge in [-0.3, -0.25) is 14.2 Å². The molecule has 0 saturated heterocycles. The van der Waals surface area contributed by atoms with Crippen LogP contribution in [0.1, 0.15) is 18.5 Å². The molecule has 27 heavy (non-hydrogen) atoms. The zero-order valence-corrected chi connectivity index (χ0v) is 16.3. The molecule has 2 aromatic heterocycles. The van der Waals surface area contributed by atoms with E-state index >= 15 is 0 Å². The first kappa shape index (κ1) is 17.5. The number of carbonyl (C=O) groups is 1. The Kier molecular flexibility index (Phi) is 4.77. The third-order valence-corrected chi connectivity index (χ3v) is 4.87. The number of anilines is 1. The minimum atomic E-state index is -0.419. The fourth-order valence-electron chi connectivity index (χ4n) is 3.01. The quantitative estimate of drug-likeness (QED) is 0.521. The molecule has 1 amide bonds. The Morgan fingerprint density at radius 2 is 1.93 bits per heavy atom. The lowest BCUT2D eigenvalue weighted by atomic mass is 10.0. The van der Waals surface area contributed by atoms with Crippen LogP contribution in [0.3, 0.4) is 0 Å². The van der Waals surface area contributed by atoms with E-state index in [2.05, 4.69) is 55.7 Å². The van der Waals surface area contributed by atoms with Crippen LogP contribution in [0.15, 0.2) is 71.7 Å². The van der Waals surface area contributed by atoms with Gasteiger partial charge in [-0.25, -0.2) is 0 Å². The summed E-state index contributed by atoms with van der Waals surface area (Å²) < 4.78 is 4.28. The van der Waals surface area contributed by atoms with E-state index in [1.807, 2.05) is 29.1 Å². The van der Waals surface area contributed by atoms with Gasteiger partial charge in [0.1, 0.15) is 6.04 Å². The molecule has 0 saturated carbocycles. The molecule has 6 nitrogen and oxygen atoms in total. The highest BCUT2D eigenvalue weighted by Gasteiger charge is 2.16. The van der Waals surface area contributed by atoms with E-state index in [0.29, 0.717) is 12.2 Å². The van der Waals surface area contributed by atoms with Crippen molar-refractivity contribution in [1.29, 1.82) is 0 Å². The second-order valence-corrected chi connectivity index (χ2v) is 7.28. The van der Waals surface area contributed by atoms with E-state index in [0.717, 1.165) is 4.47 Å². The maximum absolute atomic E-state index is 12.4. The Bertz CT molecular complexity index is 1100. The predicted octanol–water partition coefficient (Wildman–Crippen LogP) is 4.24. The zero-order chi connectivity index (χ0) is 18.8. The van der Waals surface area contributed by atoms with Crippen molar-refractivity contribution in [3.05, 3.63) is 77.3 Å². The van der Waals surface area contributed by atoms with Crippen molar-refractivity contribution in [2.45, 2.75) is 19.5 Å². The minimum absolute atomic E-state index is 0.143. The number of aromatic nitrogens is 4. The van der Waals surface area contributed by atoms with Crippen molar-refractivity contribution in [2.75, 3.05) is 5.32 Å². The molecule has 1 atom stereocenters. The van der Waals surface area contributed by atoms with Crippen LogP contribution in [-0.4, -0.2) is 25.5 Å². The number of benzene rings is 2. The molecule has 7 heteroatoms. The molecule has 1 unspecified atom stereocenters. The maximum Gasteiger partial charge on any atom is 0.249 e. The van der Waals surface area contributed by atoms with Crippen molar-refractivity contribution in [3.8, 4) is 0 Å². The first-order valence-corrected chi connectivity index (χ1v) is 9.39. The number of hydrogen-bond donors (Lipinski definition) is 1. The van der Waals surface area contributed by atoms with E-state index in [1.54, 1.807) is 30.2 Å². The first-order valence-electron chi connectivity index (χ1n) is 8.60. The topological polar surface area (TPSA) is 64.7 Å². The predicted molar refractivity (Wildman–Crippen MR) is 109 cm³/mol. The number of carbonyl (C=O) groups excluding carboxylic acids is 1. The van der Waals surface area contributed by atoms with Gasteiger partial charge in [0.05, 0.1) is 29.1 Å². The molecular formula is C20H18BrN5O. The molecule has 2 heterocycles. The highest BCUT2D eigenvalue weighted by molar-refractivity contribution is 9.10. The number of nitrogens with zero attached hydrogens (tertiary/aromatic N) is 4. The van der Waals surface area contributed by atoms with E-state index < -0.39 is 6.04 Å². The first-order chi connectivity index (χ1) is 13.1. The SMILES string of the molecule is CC(C(=O)Nc1cnn(Cc2cccc3ccccc23)c1)n1cc(Br)cn1. The lowest BCUT2D eigenvalue weighted by Gasteiger charge is -2.11. The Balaban J connectivity index is 1.48. The van der Waals surface area contributed by atoms with Gasteiger partial charge >= 0.3 is 0 Å². The standard InChI is InChI=1S/C20H18BrN5O/c1-14(26-12-17(21)9-23-26)20(27)24-18-10-22-25(13-18)11-16-7-4-6-15-5-2-3-8-19(15)16/h2-10,12-14H,11H2,1H3,(H,24,27). The Morgan fingerprint density at radius 3 is 2.74 bits per heavy atom. The van der Waals surface area contributed by atoms with Gasteiger partial charge in [0.15, 0.2) is 0 Å². The van der Waals surface area contributed by atoms with Gasteiger partial charge < -0.3 is 5.32 Å².